The highest BCUT2D eigenvalue weighted by Gasteiger charge is 2.18. The first-order chi connectivity index (χ1) is 18.7. The maximum absolute atomic E-state index is 13.7. The third kappa shape index (κ3) is 3.56. The molecule has 9 heteroatoms. The second-order valence-corrected chi connectivity index (χ2v) is 8.77. The second-order valence-electron chi connectivity index (χ2n) is 8.77. The molecule has 184 valence electrons. The number of fused-ring (bicyclic) bond motifs is 4. The van der Waals surface area contributed by atoms with Crippen molar-refractivity contribution in [2.45, 2.75) is 0 Å². The molecule has 0 fully saturated rings. The van der Waals surface area contributed by atoms with Gasteiger partial charge in [-0.25, -0.2) is 4.98 Å². The summed E-state index contributed by atoms with van der Waals surface area (Å²) in [6, 6.07) is 24.9. The van der Waals surface area contributed by atoms with E-state index < -0.39 is 0 Å². The van der Waals surface area contributed by atoms with Crippen LogP contribution in [0.2, 0.25) is 0 Å². The van der Waals surface area contributed by atoms with E-state index in [9.17, 15) is 4.79 Å². The summed E-state index contributed by atoms with van der Waals surface area (Å²) in [7, 11) is 1.62. The first-order valence-electron chi connectivity index (χ1n) is 11.9. The number of pyridine rings is 1. The highest BCUT2D eigenvalue weighted by molar-refractivity contribution is 6.02. The second kappa shape index (κ2) is 8.59. The minimum atomic E-state index is -0.239. The van der Waals surface area contributed by atoms with Crippen molar-refractivity contribution in [1.82, 2.24) is 24.7 Å². The van der Waals surface area contributed by atoms with Gasteiger partial charge in [-0.05, 0) is 48.5 Å². The lowest BCUT2D eigenvalue weighted by atomic mass is 10.1. The Kier molecular flexibility index (Phi) is 4.93. The van der Waals surface area contributed by atoms with Gasteiger partial charge in [-0.2, -0.15) is 10.1 Å². The number of nitrogens with one attached hydrogen (secondary N) is 2. The number of aromatic nitrogens is 5. The van der Waals surface area contributed by atoms with Gasteiger partial charge in [-0.1, -0.05) is 30.3 Å². The van der Waals surface area contributed by atoms with Crippen molar-refractivity contribution in [2.24, 2.45) is 0 Å². The summed E-state index contributed by atoms with van der Waals surface area (Å²) in [5, 5.41) is 12.4. The quantitative estimate of drug-likeness (QED) is 0.306. The Morgan fingerprint density at radius 2 is 1.84 bits per heavy atom. The van der Waals surface area contributed by atoms with Crippen LogP contribution in [0.1, 0.15) is 0 Å². The van der Waals surface area contributed by atoms with Crippen LogP contribution in [0.3, 0.4) is 0 Å². The smallest absolute Gasteiger partial charge is 0.267 e. The Morgan fingerprint density at radius 3 is 2.68 bits per heavy atom. The van der Waals surface area contributed by atoms with Gasteiger partial charge in [-0.3, -0.25) is 14.5 Å². The molecule has 0 saturated carbocycles. The largest absolute Gasteiger partial charge is 0.497 e. The topological polar surface area (TPSA) is 111 Å². The average molecular weight is 501 g/mol. The van der Waals surface area contributed by atoms with E-state index >= 15 is 0 Å². The van der Waals surface area contributed by atoms with Crippen molar-refractivity contribution in [3.63, 3.8) is 0 Å². The van der Waals surface area contributed by atoms with Gasteiger partial charge in [-0.15, -0.1) is 0 Å². The summed E-state index contributed by atoms with van der Waals surface area (Å²) in [6.07, 6.45) is 3.27. The Morgan fingerprint density at radius 1 is 0.974 bits per heavy atom. The fourth-order valence-electron chi connectivity index (χ4n) is 4.61. The molecule has 38 heavy (non-hydrogen) atoms. The van der Waals surface area contributed by atoms with Crippen LogP contribution in [0.4, 0.5) is 11.6 Å². The van der Waals surface area contributed by atoms with Crippen LogP contribution in [0, 0.1) is 0 Å². The standard InChI is InChI=1S/C29H20N6O3/c1-37-21-11-9-19(10-12-21)32-29-30-15-22-26-23(16-31-34-26)28(36)35(27(22)33-29)20-7-4-6-17(13-20)25-14-18-5-2-3-8-24(18)38-25/h2-16H,1H3,(H,31,34)(H,30,32,33). The third-order valence-corrected chi connectivity index (χ3v) is 6.47. The van der Waals surface area contributed by atoms with Crippen LogP contribution in [0.25, 0.3) is 49.9 Å². The highest BCUT2D eigenvalue weighted by Crippen LogP contribution is 2.30. The predicted octanol–water partition coefficient (Wildman–Crippen LogP) is 5.82. The Hall–Kier alpha value is -5.44. The maximum atomic E-state index is 13.7. The number of hydrogen-bond acceptors (Lipinski definition) is 7. The van der Waals surface area contributed by atoms with Crippen LogP contribution in [-0.4, -0.2) is 31.8 Å². The van der Waals surface area contributed by atoms with Gasteiger partial charge in [0.2, 0.25) is 5.95 Å². The molecule has 0 radical (unpaired) electrons. The monoisotopic (exact) mass is 500 g/mol. The molecule has 0 aliphatic carbocycles. The molecular weight excluding hydrogens is 480 g/mol. The molecule has 7 rings (SSSR count). The van der Waals surface area contributed by atoms with Crippen LogP contribution < -0.4 is 15.6 Å². The van der Waals surface area contributed by atoms with E-state index in [2.05, 4.69) is 20.5 Å². The molecule has 9 nitrogen and oxygen atoms in total. The molecule has 4 heterocycles. The molecule has 7 aromatic rings. The third-order valence-electron chi connectivity index (χ3n) is 6.47. The molecule has 4 aromatic heterocycles. The molecule has 0 amide bonds. The molecule has 0 bridgehead atoms. The SMILES string of the molecule is COc1ccc(Nc2ncc3c4n[nH]cc4c(=O)n(-c4cccc(-c5cc6ccccc6o5)c4)c3n2)cc1. The molecule has 0 unspecified atom stereocenters. The lowest BCUT2D eigenvalue weighted by molar-refractivity contribution is 0.415. The molecule has 0 spiro atoms. The Balaban J connectivity index is 1.40. The van der Waals surface area contributed by atoms with Crippen LogP contribution in [-0.2, 0) is 0 Å². The molecule has 3 aromatic carbocycles. The number of para-hydroxylation sites is 1. The lowest BCUT2D eigenvalue weighted by Gasteiger charge is -2.13. The average Bonchev–Trinajstić information content (AvgIpc) is 3.62. The van der Waals surface area contributed by atoms with Gasteiger partial charge in [0, 0.05) is 29.0 Å². The van der Waals surface area contributed by atoms with E-state index in [1.165, 1.54) is 0 Å². The normalized spacial score (nSPS) is 11.4. The number of benzene rings is 3. The zero-order valence-corrected chi connectivity index (χ0v) is 20.2. The summed E-state index contributed by atoms with van der Waals surface area (Å²) in [5.74, 6) is 1.81. The van der Waals surface area contributed by atoms with Crippen LogP contribution >= 0.6 is 0 Å². The van der Waals surface area contributed by atoms with Crippen molar-refractivity contribution in [3.8, 4) is 22.8 Å². The molecule has 0 aliphatic rings. The summed E-state index contributed by atoms with van der Waals surface area (Å²) in [5.41, 5.74) is 3.79. The zero-order valence-electron chi connectivity index (χ0n) is 20.2. The van der Waals surface area contributed by atoms with Crippen molar-refractivity contribution < 1.29 is 9.15 Å². The van der Waals surface area contributed by atoms with Crippen molar-refractivity contribution in [2.75, 3.05) is 12.4 Å². The number of anilines is 2. The van der Waals surface area contributed by atoms with E-state index in [0.29, 0.717) is 39.3 Å². The fourth-order valence-corrected chi connectivity index (χ4v) is 4.61. The lowest BCUT2D eigenvalue weighted by Crippen LogP contribution is -2.20. The minimum absolute atomic E-state index is 0.239. The summed E-state index contributed by atoms with van der Waals surface area (Å²) in [4.78, 5) is 23.0. The van der Waals surface area contributed by atoms with Crippen molar-refractivity contribution >= 4 is 44.5 Å². The van der Waals surface area contributed by atoms with E-state index in [4.69, 9.17) is 14.1 Å². The fraction of sp³-hybridized carbons (Fsp3) is 0.0345. The molecule has 0 saturated heterocycles. The number of nitrogens with zero attached hydrogens (tertiary/aromatic N) is 4. The molecule has 2 N–H and O–H groups in total. The van der Waals surface area contributed by atoms with Gasteiger partial charge in [0.15, 0.2) is 5.65 Å². The maximum Gasteiger partial charge on any atom is 0.267 e. The molecular formula is C29H20N6O3. The summed E-state index contributed by atoms with van der Waals surface area (Å²) < 4.78 is 12.9. The van der Waals surface area contributed by atoms with Crippen molar-refractivity contribution in [1.29, 1.82) is 0 Å². The number of aromatic amines is 1. The van der Waals surface area contributed by atoms with E-state index in [1.54, 1.807) is 24.1 Å². The van der Waals surface area contributed by atoms with Gasteiger partial charge >= 0.3 is 0 Å². The minimum Gasteiger partial charge on any atom is -0.497 e. The van der Waals surface area contributed by atoms with Crippen molar-refractivity contribution in [3.05, 3.63) is 102 Å². The van der Waals surface area contributed by atoms with Gasteiger partial charge in [0.1, 0.15) is 22.6 Å². The summed E-state index contributed by atoms with van der Waals surface area (Å²) >= 11 is 0. The van der Waals surface area contributed by atoms with Gasteiger partial charge in [0.25, 0.3) is 5.56 Å². The number of ether oxygens (including phenoxy) is 1. The van der Waals surface area contributed by atoms with Gasteiger partial charge < -0.3 is 14.5 Å². The summed E-state index contributed by atoms with van der Waals surface area (Å²) in [6.45, 7) is 0. The van der Waals surface area contributed by atoms with E-state index in [-0.39, 0.29) is 5.56 Å². The van der Waals surface area contributed by atoms with Gasteiger partial charge in [0.05, 0.1) is 23.6 Å². The van der Waals surface area contributed by atoms with Crippen LogP contribution in [0.5, 0.6) is 5.75 Å². The number of methoxy groups -OCH3 is 1. The van der Waals surface area contributed by atoms with E-state index in [0.717, 1.165) is 28.0 Å². The zero-order chi connectivity index (χ0) is 25.6. The Labute approximate surface area is 215 Å². The number of rotatable bonds is 5. The van der Waals surface area contributed by atoms with E-state index in [1.807, 2.05) is 78.9 Å². The molecule has 0 aliphatic heterocycles. The van der Waals surface area contributed by atoms with Crippen LogP contribution in [0.15, 0.2) is 100 Å². The number of H-pyrrole nitrogens is 1. The highest BCUT2D eigenvalue weighted by atomic mass is 16.5. The molecule has 0 atom stereocenters. The predicted molar refractivity (Wildman–Crippen MR) is 146 cm³/mol. The number of furan rings is 1. The Bertz CT molecular complexity index is 1990. The number of hydrogen-bond donors (Lipinski definition) is 2. The first kappa shape index (κ1) is 21.8. The first-order valence-corrected chi connectivity index (χ1v) is 11.9.